The monoisotopic (exact) mass is 258 g/mol. The SMILES string of the molecule is Cn1ncc(C(=O)NCCCc2ccccc2)c1N. The van der Waals surface area contributed by atoms with Gasteiger partial charge in [-0.15, -0.1) is 0 Å². The molecule has 0 saturated carbocycles. The molecule has 1 heterocycles. The zero-order valence-corrected chi connectivity index (χ0v) is 11.0. The molecule has 1 aromatic heterocycles. The van der Waals surface area contributed by atoms with Crippen LogP contribution in [0.2, 0.25) is 0 Å². The summed E-state index contributed by atoms with van der Waals surface area (Å²) >= 11 is 0. The molecule has 0 fully saturated rings. The highest BCUT2D eigenvalue weighted by molar-refractivity contribution is 5.98. The van der Waals surface area contributed by atoms with Crippen LogP contribution in [0.4, 0.5) is 5.82 Å². The molecular weight excluding hydrogens is 240 g/mol. The lowest BCUT2D eigenvalue weighted by Gasteiger charge is -2.05. The molecule has 0 saturated heterocycles. The van der Waals surface area contributed by atoms with E-state index in [2.05, 4.69) is 22.5 Å². The van der Waals surface area contributed by atoms with E-state index >= 15 is 0 Å². The topological polar surface area (TPSA) is 72.9 Å². The number of nitrogens with two attached hydrogens (primary N) is 1. The van der Waals surface area contributed by atoms with Crippen molar-refractivity contribution in [2.24, 2.45) is 7.05 Å². The first-order valence-electron chi connectivity index (χ1n) is 6.28. The Hall–Kier alpha value is -2.30. The minimum Gasteiger partial charge on any atom is -0.383 e. The van der Waals surface area contributed by atoms with Crippen molar-refractivity contribution in [3.8, 4) is 0 Å². The first-order chi connectivity index (χ1) is 9.18. The molecule has 0 aliphatic heterocycles. The first-order valence-corrected chi connectivity index (χ1v) is 6.28. The van der Waals surface area contributed by atoms with Crippen LogP contribution in [0.25, 0.3) is 0 Å². The average molecular weight is 258 g/mol. The molecule has 0 bridgehead atoms. The van der Waals surface area contributed by atoms with Gasteiger partial charge in [-0.25, -0.2) is 0 Å². The number of aryl methyl sites for hydroxylation is 2. The number of hydrogen-bond acceptors (Lipinski definition) is 3. The quantitative estimate of drug-likeness (QED) is 0.795. The predicted octanol–water partition coefficient (Wildman–Crippen LogP) is 1.36. The number of nitrogen functional groups attached to an aromatic ring is 1. The van der Waals surface area contributed by atoms with Crippen LogP contribution >= 0.6 is 0 Å². The Balaban J connectivity index is 1.77. The molecule has 0 unspecified atom stereocenters. The Morgan fingerprint density at radius 3 is 2.74 bits per heavy atom. The lowest BCUT2D eigenvalue weighted by Crippen LogP contribution is -2.25. The number of anilines is 1. The van der Waals surface area contributed by atoms with Gasteiger partial charge in [0.05, 0.1) is 6.20 Å². The molecular formula is C14H18N4O. The summed E-state index contributed by atoms with van der Waals surface area (Å²) in [6, 6.07) is 10.2. The smallest absolute Gasteiger partial charge is 0.256 e. The number of benzene rings is 1. The fourth-order valence-electron chi connectivity index (χ4n) is 1.86. The summed E-state index contributed by atoms with van der Waals surface area (Å²) in [6.45, 7) is 0.627. The van der Waals surface area contributed by atoms with Crippen molar-refractivity contribution >= 4 is 11.7 Å². The van der Waals surface area contributed by atoms with Crippen LogP contribution in [0.1, 0.15) is 22.3 Å². The van der Waals surface area contributed by atoms with Crippen molar-refractivity contribution in [3.05, 3.63) is 47.7 Å². The summed E-state index contributed by atoms with van der Waals surface area (Å²) in [4.78, 5) is 11.8. The zero-order chi connectivity index (χ0) is 13.7. The molecule has 0 radical (unpaired) electrons. The van der Waals surface area contributed by atoms with Gasteiger partial charge in [-0.05, 0) is 18.4 Å². The Morgan fingerprint density at radius 2 is 2.11 bits per heavy atom. The van der Waals surface area contributed by atoms with E-state index < -0.39 is 0 Å². The van der Waals surface area contributed by atoms with E-state index in [1.54, 1.807) is 7.05 Å². The maximum absolute atomic E-state index is 11.8. The first kappa shape index (κ1) is 13.1. The lowest BCUT2D eigenvalue weighted by molar-refractivity contribution is 0.0954. The Morgan fingerprint density at radius 1 is 1.37 bits per heavy atom. The number of carbonyl (C=O) groups is 1. The Labute approximate surface area is 112 Å². The van der Waals surface area contributed by atoms with Crippen LogP contribution in [0.3, 0.4) is 0 Å². The fourth-order valence-corrected chi connectivity index (χ4v) is 1.86. The highest BCUT2D eigenvalue weighted by atomic mass is 16.1. The van der Waals surface area contributed by atoms with Gasteiger partial charge in [-0.1, -0.05) is 30.3 Å². The normalized spacial score (nSPS) is 10.4. The van der Waals surface area contributed by atoms with E-state index in [1.807, 2.05) is 18.2 Å². The molecule has 2 rings (SSSR count). The molecule has 5 heteroatoms. The van der Waals surface area contributed by atoms with Crippen molar-refractivity contribution < 1.29 is 4.79 Å². The van der Waals surface area contributed by atoms with Crippen LogP contribution in [-0.2, 0) is 13.5 Å². The van der Waals surface area contributed by atoms with E-state index in [4.69, 9.17) is 5.73 Å². The minimum absolute atomic E-state index is 0.168. The molecule has 0 aliphatic rings. The highest BCUT2D eigenvalue weighted by Crippen LogP contribution is 2.08. The highest BCUT2D eigenvalue weighted by Gasteiger charge is 2.12. The number of hydrogen-bond donors (Lipinski definition) is 2. The summed E-state index contributed by atoms with van der Waals surface area (Å²) in [5, 5.41) is 6.79. The third-order valence-corrected chi connectivity index (χ3v) is 3.00. The second-order valence-electron chi connectivity index (χ2n) is 4.41. The van der Waals surface area contributed by atoms with Crippen molar-refractivity contribution in [1.29, 1.82) is 0 Å². The van der Waals surface area contributed by atoms with Gasteiger partial charge in [0, 0.05) is 13.6 Å². The third kappa shape index (κ3) is 3.34. The summed E-state index contributed by atoms with van der Waals surface area (Å²) in [6.07, 6.45) is 3.33. The summed E-state index contributed by atoms with van der Waals surface area (Å²) in [5.74, 6) is 0.222. The maximum atomic E-state index is 11.8. The molecule has 2 aromatic rings. The van der Waals surface area contributed by atoms with Gasteiger partial charge < -0.3 is 11.1 Å². The molecule has 3 N–H and O–H groups in total. The number of amides is 1. The van der Waals surface area contributed by atoms with Crippen LogP contribution < -0.4 is 11.1 Å². The zero-order valence-electron chi connectivity index (χ0n) is 11.0. The van der Waals surface area contributed by atoms with Gasteiger partial charge >= 0.3 is 0 Å². The van der Waals surface area contributed by atoms with E-state index in [0.29, 0.717) is 17.9 Å². The third-order valence-electron chi connectivity index (χ3n) is 3.00. The minimum atomic E-state index is -0.168. The summed E-state index contributed by atoms with van der Waals surface area (Å²) in [5.41, 5.74) is 7.45. The van der Waals surface area contributed by atoms with Gasteiger partial charge in [0.15, 0.2) is 0 Å². The largest absolute Gasteiger partial charge is 0.383 e. The van der Waals surface area contributed by atoms with Gasteiger partial charge in [-0.2, -0.15) is 5.10 Å². The standard InChI is InChI=1S/C14H18N4O/c1-18-13(15)12(10-17-18)14(19)16-9-5-8-11-6-3-2-4-7-11/h2-4,6-7,10H,5,8-9,15H2,1H3,(H,16,19). The number of aromatic nitrogens is 2. The number of nitrogens with one attached hydrogen (secondary N) is 1. The second kappa shape index (κ2) is 6.04. The second-order valence-corrected chi connectivity index (χ2v) is 4.41. The molecule has 19 heavy (non-hydrogen) atoms. The summed E-state index contributed by atoms with van der Waals surface area (Å²) < 4.78 is 1.49. The van der Waals surface area contributed by atoms with Crippen LogP contribution in [0.15, 0.2) is 36.5 Å². The van der Waals surface area contributed by atoms with Crippen LogP contribution in [-0.4, -0.2) is 22.2 Å². The van der Waals surface area contributed by atoms with Crippen molar-refractivity contribution in [1.82, 2.24) is 15.1 Å². The molecule has 0 atom stereocenters. The van der Waals surface area contributed by atoms with E-state index in [9.17, 15) is 4.79 Å². The maximum Gasteiger partial charge on any atom is 0.256 e. The van der Waals surface area contributed by atoms with Crippen molar-refractivity contribution in [2.75, 3.05) is 12.3 Å². The summed E-state index contributed by atoms with van der Waals surface area (Å²) in [7, 11) is 1.71. The van der Waals surface area contributed by atoms with Gasteiger partial charge in [0.25, 0.3) is 5.91 Å². The van der Waals surface area contributed by atoms with E-state index in [-0.39, 0.29) is 5.91 Å². The molecule has 0 spiro atoms. The average Bonchev–Trinajstić information content (AvgIpc) is 2.76. The van der Waals surface area contributed by atoms with Crippen LogP contribution in [0, 0.1) is 0 Å². The number of carbonyl (C=O) groups excluding carboxylic acids is 1. The van der Waals surface area contributed by atoms with Gasteiger partial charge in [0.2, 0.25) is 0 Å². The van der Waals surface area contributed by atoms with E-state index in [0.717, 1.165) is 12.8 Å². The number of rotatable bonds is 5. The molecule has 5 nitrogen and oxygen atoms in total. The van der Waals surface area contributed by atoms with E-state index in [1.165, 1.54) is 16.4 Å². The Bertz CT molecular complexity index is 548. The van der Waals surface area contributed by atoms with Gasteiger partial charge in [0.1, 0.15) is 11.4 Å². The lowest BCUT2D eigenvalue weighted by atomic mass is 10.1. The van der Waals surface area contributed by atoms with Gasteiger partial charge in [-0.3, -0.25) is 9.48 Å². The molecule has 1 amide bonds. The fraction of sp³-hybridized carbons (Fsp3) is 0.286. The predicted molar refractivity (Wildman–Crippen MR) is 74.7 cm³/mol. The molecule has 100 valence electrons. The molecule has 1 aromatic carbocycles. The Kier molecular flexibility index (Phi) is 4.18. The number of nitrogens with zero attached hydrogens (tertiary/aromatic N) is 2. The van der Waals surface area contributed by atoms with Crippen molar-refractivity contribution in [3.63, 3.8) is 0 Å². The molecule has 0 aliphatic carbocycles. The van der Waals surface area contributed by atoms with Crippen molar-refractivity contribution in [2.45, 2.75) is 12.8 Å². The van der Waals surface area contributed by atoms with Crippen LogP contribution in [0.5, 0.6) is 0 Å².